The predicted octanol–water partition coefficient (Wildman–Crippen LogP) is -0.610. The van der Waals surface area contributed by atoms with Gasteiger partial charge in [0.25, 0.3) is 0 Å². The number of nitrogens with one attached hydrogen (secondary N) is 2. The molecule has 0 amide bonds. The Hall–Kier alpha value is -3.75. The Morgan fingerprint density at radius 2 is 1.13 bits per heavy atom. The summed E-state index contributed by atoms with van der Waals surface area (Å²) in [7, 11) is 0. The van der Waals surface area contributed by atoms with E-state index < -0.39 is 37.0 Å². The van der Waals surface area contributed by atoms with Crippen LogP contribution in [0, 0.1) is 10.8 Å². The molecule has 2 aromatic carbocycles. The van der Waals surface area contributed by atoms with E-state index in [1.807, 2.05) is 24.3 Å². The first-order chi connectivity index (χ1) is 18.0. The van der Waals surface area contributed by atoms with Crippen LogP contribution in [0.25, 0.3) is 0 Å². The van der Waals surface area contributed by atoms with Gasteiger partial charge in [-0.05, 0) is 67.8 Å². The van der Waals surface area contributed by atoms with E-state index in [0.717, 1.165) is 30.8 Å². The number of nitrogen functional groups attached to an aromatic ring is 2. The van der Waals surface area contributed by atoms with Crippen molar-refractivity contribution in [3.63, 3.8) is 0 Å². The minimum Gasteiger partial charge on any atom is -0.494 e. The van der Waals surface area contributed by atoms with E-state index in [2.05, 4.69) is 0 Å². The van der Waals surface area contributed by atoms with Gasteiger partial charge in [-0.3, -0.25) is 10.8 Å². The van der Waals surface area contributed by atoms with Crippen molar-refractivity contribution in [2.24, 2.45) is 11.5 Å². The van der Waals surface area contributed by atoms with Gasteiger partial charge in [-0.2, -0.15) is 0 Å². The number of ether oxygens (including phenoxy) is 2. The van der Waals surface area contributed by atoms with E-state index >= 15 is 0 Å². The number of amidine groups is 2. The predicted molar refractivity (Wildman–Crippen MR) is 139 cm³/mol. The summed E-state index contributed by atoms with van der Waals surface area (Å²) < 4.78 is 11.3. The fourth-order valence-electron chi connectivity index (χ4n) is 2.89. The van der Waals surface area contributed by atoms with Gasteiger partial charge in [0, 0.05) is 11.1 Å². The number of aliphatic carboxylic acids is 1. The molecule has 38 heavy (non-hydrogen) atoms. The minimum atomic E-state index is -2.20. The fourth-order valence-corrected chi connectivity index (χ4v) is 2.89. The molecule has 4 atom stereocenters. The summed E-state index contributed by atoms with van der Waals surface area (Å²) >= 11 is 0. The Balaban J connectivity index is 0.000000471. The largest absolute Gasteiger partial charge is 0.494 e. The molecule has 0 unspecified atom stereocenters. The molecule has 0 fully saturated rings. The van der Waals surface area contributed by atoms with Crippen LogP contribution in [0.4, 0.5) is 0 Å². The molecule has 210 valence electrons. The van der Waals surface area contributed by atoms with Gasteiger partial charge in [-0.15, -0.1) is 0 Å². The maximum Gasteiger partial charge on any atom is 0.335 e. The number of aliphatic hydroxyl groups is 5. The highest BCUT2D eigenvalue weighted by molar-refractivity contribution is 5.95. The SMILES string of the molecule is N=C(N)c1ccc(OCCCCCOc2ccc(C(=N)N)cc2)cc1.O=C(O)[C@H](O)[C@@H](O)[C@H](O)[C@H](O)CO. The molecule has 13 nitrogen and oxygen atoms in total. The summed E-state index contributed by atoms with van der Waals surface area (Å²) in [4.78, 5) is 10.1. The average molecular weight is 537 g/mol. The summed E-state index contributed by atoms with van der Waals surface area (Å²) in [6.07, 6.45) is -4.94. The molecule has 0 aliphatic carbocycles. The van der Waals surface area contributed by atoms with Crippen molar-refractivity contribution >= 4 is 17.6 Å². The second-order valence-corrected chi connectivity index (χ2v) is 8.15. The van der Waals surface area contributed by atoms with E-state index in [0.29, 0.717) is 24.3 Å². The van der Waals surface area contributed by atoms with Crippen LogP contribution in [0.2, 0.25) is 0 Å². The van der Waals surface area contributed by atoms with Gasteiger partial charge in [-0.25, -0.2) is 4.79 Å². The van der Waals surface area contributed by atoms with Gasteiger partial charge in [-0.1, -0.05) is 0 Å². The topological polar surface area (TPSA) is 257 Å². The summed E-state index contributed by atoms with van der Waals surface area (Å²) in [5, 5.41) is 66.5. The number of nitrogens with two attached hydrogens (primary N) is 2. The zero-order valence-electron chi connectivity index (χ0n) is 20.7. The number of carboxylic acids is 1. The lowest BCUT2D eigenvalue weighted by atomic mass is 10.0. The van der Waals surface area contributed by atoms with E-state index in [4.69, 9.17) is 62.4 Å². The molecule has 2 aromatic rings. The third-order valence-electron chi connectivity index (χ3n) is 5.16. The van der Waals surface area contributed by atoms with Crippen molar-refractivity contribution in [2.45, 2.75) is 43.7 Å². The third kappa shape index (κ3) is 11.5. The lowest BCUT2D eigenvalue weighted by molar-refractivity contribution is -0.164. The van der Waals surface area contributed by atoms with Gasteiger partial charge in [0.15, 0.2) is 6.10 Å². The highest BCUT2D eigenvalue weighted by Gasteiger charge is 2.33. The Morgan fingerprint density at radius 1 is 0.737 bits per heavy atom. The standard InChI is InChI=1S/C19H24N4O2.C6H12O7/c20-18(21)14-4-8-16(9-5-14)24-12-2-1-3-13-25-17-10-6-15(7-11-17)19(22)23;7-1-2(8)3(9)4(10)5(11)6(12)13/h4-11H,1-3,12-13H2,(H3,20,21)(H3,22,23);2-5,7-11H,1H2,(H,12,13)/t;2-,3-,4+,5-/m.1/s1. The van der Waals surface area contributed by atoms with Gasteiger partial charge in [0.05, 0.1) is 19.8 Å². The lowest BCUT2D eigenvalue weighted by Crippen LogP contribution is -2.48. The highest BCUT2D eigenvalue weighted by atomic mass is 16.5. The van der Waals surface area contributed by atoms with Gasteiger partial charge in [0.2, 0.25) is 0 Å². The molecule has 0 saturated carbocycles. The number of unbranched alkanes of at least 4 members (excludes halogenated alkanes) is 2. The summed E-state index contributed by atoms with van der Waals surface area (Å²) in [5.74, 6) is -0.0414. The van der Waals surface area contributed by atoms with Crippen LogP contribution in [0.3, 0.4) is 0 Å². The number of carboxylic acid groups (broad SMARTS) is 1. The Morgan fingerprint density at radius 3 is 1.45 bits per heavy atom. The molecule has 0 radical (unpaired) electrons. The normalized spacial score (nSPS) is 13.7. The Kier molecular flexibility index (Phi) is 14.3. The van der Waals surface area contributed by atoms with E-state index in [-0.39, 0.29) is 11.7 Å². The van der Waals surface area contributed by atoms with Gasteiger partial charge < -0.3 is 51.6 Å². The zero-order valence-corrected chi connectivity index (χ0v) is 20.7. The van der Waals surface area contributed by atoms with E-state index in [9.17, 15) is 4.79 Å². The van der Waals surface area contributed by atoms with Crippen LogP contribution >= 0.6 is 0 Å². The first kappa shape index (κ1) is 32.3. The van der Waals surface area contributed by atoms with E-state index in [1.165, 1.54) is 0 Å². The van der Waals surface area contributed by atoms with Crippen molar-refractivity contribution in [3.8, 4) is 11.5 Å². The molecule has 0 saturated heterocycles. The van der Waals surface area contributed by atoms with Crippen LogP contribution in [0.15, 0.2) is 48.5 Å². The van der Waals surface area contributed by atoms with Crippen LogP contribution in [0.5, 0.6) is 11.5 Å². The van der Waals surface area contributed by atoms with Crippen molar-refractivity contribution in [2.75, 3.05) is 19.8 Å². The Labute approximate surface area is 219 Å². The number of hydrogen-bond donors (Lipinski definition) is 10. The highest BCUT2D eigenvalue weighted by Crippen LogP contribution is 2.14. The Bertz CT molecular complexity index is 941. The van der Waals surface area contributed by atoms with Crippen LogP contribution in [-0.4, -0.2) is 92.5 Å². The van der Waals surface area contributed by atoms with Crippen molar-refractivity contribution < 1.29 is 44.9 Å². The van der Waals surface area contributed by atoms with Crippen molar-refractivity contribution in [1.82, 2.24) is 0 Å². The molecule has 0 aliphatic heterocycles. The first-order valence-corrected chi connectivity index (χ1v) is 11.7. The summed E-state index contributed by atoms with van der Waals surface area (Å²) in [6, 6.07) is 14.4. The van der Waals surface area contributed by atoms with Crippen molar-refractivity contribution in [1.29, 1.82) is 10.8 Å². The smallest absolute Gasteiger partial charge is 0.335 e. The lowest BCUT2D eigenvalue weighted by Gasteiger charge is -2.23. The molecular weight excluding hydrogens is 500 g/mol. The number of aliphatic hydroxyl groups excluding tert-OH is 5. The number of benzene rings is 2. The summed E-state index contributed by atoms with van der Waals surface area (Å²) in [6.45, 7) is 0.448. The average Bonchev–Trinajstić information content (AvgIpc) is 2.91. The maximum absolute atomic E-state index is 10.1. The molecule has 2 rings (SSSR count). The fraction of sp³-hybridized carbons (Fsp3) is 0.400. The molecule has 13 heteroatoms. The van der Waals surface area contributed by atoms with Gasteiger partial charge >= 0.3 is 5.97 Å². The van der Waals surface area contributed by atoms with Gasteiger partial charge in [0.1, 0.15) is 41.5 Å². The molecule has 0 aromatic heterocycles. The van der Waals surface area contributed by atoms with Crippen LogP contribution in [0.1, 0.15) is 30.4 Å². The molecule has 12 N–H and O–H groups in total. The number of hydrogen-bond acceptors (Lipinski definition) is 10. The summed E-state index contributed by atoms with van der Waals surface area (Å²) in [5.41, 5.74) is 12.2. The molecule has 0 bridgehead atoms. The first-order valence-electron chi connectivity index (χ1n) is 11.7. The van der Waals surface area contributed by atoms with E-state index in [1.54, 1.807) is 24.3 Å². The number of carbonyl (C=O) groups is 1. The second kappa shape index (κ2) is 16.9. The maximum atomic E-state index is 10.1. The number of rotatable bonds is 15. The molecule has 0 spiro atoms. The molecular formula is C25H36N4O9. The van der Waals surface area contributed by atoms with Crippen molar-refractivity contribution in [3.05, 3.63) is 59.7 Å². The molecule has 0 heterocycles. The third-order valence-corrected chi connectivity index (χ3v) is 5.16. The second-order valence-electron chi connectivity index (χ2n) is 8.15. The minimum absolute atomic E-state index is 0.0579. The zero-order chi connectivity index (χ0) is 28.7. The van der Waals surface area contributed by atoms with Crippen LogP contribution < -0.4 is 20.9 Å². The monoisotopic (exact) mass is 536 g/mol. The quantitative estimate of drug-likeness (QED) is 0.0780. The molecule has 0 aliphatic rings. The van der Waals surface area contributed by atoms with Crippen LogP contribution in [-0.2, 0) is 4.79 Å².